The van der Waals surface area contributed by atoms with E-state index in [0.29, 0.717) is 42.3 Å². The quantitative estimate of drug-likeness (QED) is 0.645. The first-order valence-electron chi connectivity index (χ1n) is 9.34. The van der Waals surface area contributed by atoms with Gasteiger partial charge in [-0.2, -0.15) is 5.26 Å². The molecule has 1 heterocycles. The summed E-state index contributed by atoms with van der Waals surface area (Å²) in [5.41, 5.74) is 2.57. The van der Waals surface area contributed by atoms with Crippen molar-refractivity contribution in [1.82, 2.24) is 4.90 Å². The van der Waals surface area contributed by atoms with Crippen molar-refractivity contribution in [3.63, 3.8) is 0 Å². The molecule has 0 atom stereocenters. The summed E-state index contributed by atoms with van der Waals surface area (Å²) in [5.74, 6) is 0.789. The van der Waals surface area contributed by atoms with Gasteiger partial charge in [-0.25, -0.2) is 4.79 Å². The van der Waals surface area contributed by atoms with E-state index in [9.17, 15) is 9.59 Å². The lowest BCUT2D eigenvalue weighted by atomic mass is 9.99. The SMILES string of the molecule is COc1cc2c(cc1OC)CN(C(=O)COC(=O)COc1ccc(C#N)cc1)CC2. The number of nitriles is 1. The molecule has 0 saturated heterocycles. The van der Waals surface area contributed by atoms with Crippen LogP contribution in [0.25, 0.3) is 0 Å². The van der Waals surface area contributed by atoms with Crippen molar-refractivity contribution < 1.29 is 28.5 Å². The maximum atomic E-state index is 12.5. The molecule has 0 spiro atoms. The van der Waals surface area contributed by atoms with E-state index in [4.69, 9.17) is 24.2 Å². The minimum atomic E-state index is -0.642. The molecule has 1 aliphatic heterocycles. The average Bonchev–Trinajstić information content (AvgIpc) is 2.80. The molecular weight excluding hydrogens is 388 g/mol. The Bertz CT molecular complexity index is 965. The number of fused-ring (bicyclic) bond motifs is 1. The van der Waals surface area contributed by atoms with Gasteiger partial charge < -0.3 is 23.8 Å². The van der Waals surface area contributed by atoms with Crippen LogP contribution < -0.4 is 14.2 Å². The second-order valence-corrected chi connectivity index (χ2v) is 6.63. The van der Waals surface area contributed by atoms with Gasteiger partial charge in [0.2, 0.25) is 0 Å². The van der Waals surface area contributed by atoms with Gasteiger partial charge in [0.05, 0.1) is 25.9 Å². The number of carbonyl (C=O) groups is 2. The van der Waals surface area contributed by atoms with Gasteiger partial charge in [-0.1, -0.05) is 0 Å². The van der Waals surface area contributed by atoms with Crippen LogP contribution in [0.5, 0.6) is 17.2 Å². The molecule has 1 aliphatic rings. The van der Waals surface area contributed by atoms with Crippen molar-refractivity contribution in [1.29, 1.82) is 5.26 Å². The van der Waals surface area contributed by atoms with Crippen LogP contribution in [0, 0.1) is 11.3 Å². The Morgan fingerprint density at radius 2 is 1.70 bits per heavy atom. The fourth-order valence-electron chi connectivity index (χ4n) is 3.14. The summed E-state index contributed by atoms with van der Waals surface area (Å²) in [6.07, 6.45) is 0.678. The van der Waals surface area contributed by atoms with E-state index in [2.05, 4.69) is 0 Å². The molecule has 0 unspecified atom stereocenters. The maximum Gasteiger partial charge on any atom is 0.344 e. The Morgan fingerprint density at radius 1 is 1.03 bits per heavy atom. The molecule has 0 saturated carbocycles. The summed E-state index contributed by atoms with van der Waals surface area (Å²) in [5, 5.41) is 8.77. The first kappa shape index (κ1) is 21.0. The van der Waals surface area contributed by atoms with Crippen molar-refractivity contribution in [3.8, 4) is 23.3 Å². The van der Waals surface area contributed by atoms with E-state index in [1.54, 1.807) is 43.4 Å². The Hall–Kier alpha value is -3.73. The second kappa shape index (κ2) is 9.65. The molecule has 0 aromatic heterocycles. The number of ether oxygens (including phenoxy) is 4. The molecule has 8 heteroatoms. The van der Waals surface area contributed by atoms with Crippen LogP contribution in [-0.2, 0) is 27.3 Å². The smallest absolute Gasteiger partial charge is 0.344 e. The number of hydrogen-bond donors (Lipinski definition) is 0. The number of methoxy groups -OCH3 is 2. The Morgan fingerprint density at radius 3 is 2.33 bits per heavy atom. The number of hydrogen-bond acceptors (Lipinski definition) is 7. The zero-order chi connectivity index (χ0) is 21.5. The van der Waals surface area contributed by atoms with Crippen LogP contribution in [0.1, 0.15) is 16.7 Å². The standard InChI is InChI=1S/C22H22N2O6/c1-27-19-9-16-7-8-24(12-17(16)10-20(19)28-2)21(25)13-30-22(26)14-29-18-5-3-15(11-23)4-6-18/h3-6,9-10H,7-8,12-14H2,1-2H3. The van der Waals surface area contributed by atoms with Crippen LogP contribution in [0.4, 0.5) is 0 Å². The molecule has 0 aliphatic carbocycles. The minimum Gasteiger partial charge on any atom is -0.493 e. The van der Waals surface area contributed by atoms with Gasteiger partial charge in [0.25, 0.3) is 5.91 Å². The third kappa shape index (κ3) is 5.00. The first-order chi connectivity index (χ1) is 14.5. The molecular formula is C22H22N2O6. The maximum absolute atomic E-state index is 12.5. The van der Waals surface area contributed by atoms with Crippen LogP contribution >= 0.6 is 0 Å². The number of carbonyl (C=O) groups excluding carboxylic acids is 2. The highest BCUT2D eigenvalue weighted by molar-refractivity contribution is 5.81. The third-order valence-electron chi connectivity index (χ3n) is 4.77. The van der Waals surface area contributed by atoms with Crippen LogP contribution in [0.15, 0.2) is 36.4 Å². The lowest BCUT2D eigenvalue weighted by molar-refractivity contribution is -0.154. The third-order valence-corrected chi connectivity index (χ3v) is 4.77. The molecule has 2 aromatic carbocycles. The van der Waals surface area contributed by atoms with Gasteiger partial charge in [0, 0.05) is 13.1 Å². The van der Waals surface area contributed by atoms with Gasteiger partial charge in [0.15, 0.2) is 24.7 Å². The monoisotopic (exact) mass is 410 g/mol. The highest BCUT2D eigenvalue weighted by atomic mass is 16.6. The van der Waals surface area contributed by atoms with Crippen molar-refractivity contribution in [2.24, 2.45) is 0 Å². The summed E-state index contributed by atoms with van der Waals surface area (Å²) < 4.78 is 21.0. The number of amides is 1. The summed E-state index contributed by atoms with van der Waals surface area (Å²) in [7, 11) is 3.15. The molecule has 0 bridgehead atoms. The predicted molar refractivity (Wildman–Crippen MR) is 106 cm³/mol. The molecule has 0 fully saturated rings. The molecule has 3 rings (SSSR count). The lowest BCUT2D eigenvalue weighted by Gasteiger charge is -2.29. The fourth-order valence-corrected chi connectivity index (χ4v) is 3.14. The van der Waals surface area contributed by atoms with Gasteiger partial charge in [-0.15, -0.1) is 0 Å². The molecule has 156 valence electrons. The van der Waals surface area contributed by atoms with E-state index in [0.717, 1.165) is 11.1 Å². The Labute approximate surface area is 174 Å². The van der Waals surface area contributed by atoms with E-state index in [1.165, 1.54) is 0 Å². The van der Waals surface area contributed by atoms with Crippen LogP contribution in [0.3, 0.4) is 0 Å². The van der Waals surface area contributed by atoms with E-state index < -0.39 is 5.97 Å². The number of rotatable bonds is 7. The molecule has 30 heavy (non-hydrogen) atoms. The molecule has 1 amide bonds. The largest absolute Gasteiger partial charge is 0.493 e. The molecule has 0 radical (unpaired) electrons. The Balaban J connectivity index is 1.49. The normalized spacial score (nSPS) is 12.4. The highest BCUT2D eigenvalue weighted by Gasteiger charge is 2.23. The van der Waals surface area contributed by atoms with Gasteiger partial charge >= 0.3 is 5.97 Å². The summed E-state index contributed by atoms with van der Waals surface area (Å²) in [4.78, 5) is 26.0. The lowest BCUT2D eigenvalue weighted by Crippen LogP contribution is -2.39. The summed E-state index contributed by atoms with van der Waals surface area (Å²) >= 11 is 0. The van der Waals surface area contributed by atoms with Crippen molar-refractivity contribution >= 4 is 11.9 Å². The molecule has 2 aromatic rings. The fraction of sp³-hybridized carbons (Fsp3) is 0.318. The van der Waals surface area contributed by atoms with Crippen LogP contribution in [-0.4, -0.2) is 50.8 Å². The predicted octanol–water partition coefficient (Wildman–Crippen LogP) is 2.08. The van der Waals surface area contributed by atoms with Crippen molar-refractivity contribution in [2.45, 2.75) is 13.0 Å². The molecule has 8 nitrogen and oxygen atoms in total. The topological polar surface area (TPSA) is 98.1 Å². The van der Waals surface area contributed by atoms with Gasteiger partial charge in [-0.05, 0) is 53.9 Å². The Kier molecular flexibility index (Phi) is 6.75. The summed E-state index contributed by atoms with van der Waals surface area (Å²) in [6.45, 7) is 0.269. The zero-order valence-corrected chi connectivity index (χ0v) is 16.8. The number of benzene rings is 2. The highest BCUT2D eigenvalue weighted by Crippen LogP contribution is 2.33. The summed E-state index contributed by atoms with van der Waals surface area (Å²) in [6, 6.07) is 12.1. The first-order valence-corrected chi connectivity index (χ1v) is 9.34. The number of esters is 1. The van der Waals surface area contributed by atoms with Crippen molar-refractivity contribution in [3.05, 3.63) is 53.1 Å². The van der Waals surface area contributed by atoms with E-state index in [-0.39, 0.29) is 19.1 Å². The van der Waals surface area contributed by atoms with E-state index >= 15 is 0 Å². The van der Waals surface area contributed by atoms with E-state index in [1.807, 2.05) is 18.2 Å². The number of nitrogens with zero attached hydrogens (tertiary/aromatic N) is 2. The zero-order valence-electron chi connectivity index (χ0n) is 16.8. The second-order valence-electron chi connectivity index (χ2n) is 6.63. The molecule has 0 N–H and O–H groups in total. The van der Waals surface area contributed by atoms with Gasteiger partial charge in [0.1, 0.15) is 5.75 Å². The van der Waals surface area contributed by atoms with Gasteiger partial charge in [-0.3, -0.25) is 4.79 Å². The van der Waals surface area contributed by atoms with Crippen LogP contribution in [0.2, 0.25) is 0 Å². The van der Waals surface area contributed by atoms with Crippen molar-refractivity contribution in [2.75, 3.05) is 34.0 Å². The minimum absolute atomic E-state index is 0.276. The average molecular weight is 410 g/mol.